The van der Waals surface area contributed by atoms with Crippen molar-refractivity contribution in [3.63, 3.8) is 0 Å². The molecule has 2 heterocycles. The van der Waals surface area contributed by atoms with Crippen molar-refractivity contribution in [1.29, 1.82) is 5.26 Å². The molecule has 2 N–H and O–H groups in total. The second-order valence-corrected chi connectivity index (χ2v) is 11.7. The first kappa shape index (κ1) is 25.6. The van der Waals surface area contributed by atoms with Crippen molar-refractivity contribution in [1.82, 2.24) is 15.3 Å². The quantitative estimate of drug-likeness (QED) is 0.492. The highest BCUT2D eigenvalue weighted by atomic mass is 32.2. The van der Waals surface area contributed by atoms with E-state index in [1.165, 1.54) is 31.3 Å². The molecule has 1 aliphatic heterocycles. The number of anilines is 2. The molecular weight excluding hydrogens is 504 g/mol. The van der Waals surface area contributed by atoms with E-state index in [0.717, 1.165) is 0 Å². The number of nitrogens with zero attached hydrogens (tertiary/aromatic N) is 4. The first-order chi connectivity index (χ1) is 18.3. The molecule has 5 rings (SSSR count). The Kier molecular flexibility index (Phi) is 6.77. The van der Waals surface area contributed by atoms with Crippen LogP contribution in [-0.4, -0.2) is 57.3 Å². The molecule has 2 aliphatic rings. The highest BCUT2D eigenvalue weighted by Gasteiger charge is 2.58. The van der Waals surface area contributed by atoms with E-state index in [0.29, 0.717) is 66.8 Å². The van der Waals surface area contributed by atoms with Crippen molar-refractivity contribution in [2.45, 2.75) is 35.4 Å². The molecule has 1 saturated heterocycles. The van der Waals surface area contributed by atoms with Crippen LogP contribution in [0, 0.1) is 11.3 Å². The van der Waals surface area contributed by atoms with Crippen LogP contribution in [0.25, 0.3) is 11.4 Å². The largest absolute Gasteiger partial charge is 0.377 e. The number of nitrogens with one attached hydrogen (secondary N) is 2. The van der Waals surface area contributed by atoms with Crippen LogP contribution in [-0.2, 0) is 19.3 Å². The Morgan fingerprint density at radius 1 is 1.13 bits per heavy atom. The number of hydrogen-bond donors (Lipinski definition) is 2. The second-order valence-electron chi connectivity index (χ2n) is 9.47. The smallest absolute Gasteiger partial charge is 0.318 e. The van der Waals surface area contributed by atoms with E-state index in [9.17, 15) is 13.2 Å². The van der Waals surface area contributed by atoms with E-state index in [2.05, 4.69) is 15.5 Å². The lowest BCUT2D eigenvalue weighted by atomic mass is 10.1. The number of urea groups is 1. The highest BCUT2D eigenvalue weighted by Crippen LogP contribution is 2.55. The predicted molar refractivity (Wildman–Crippen MR) is 142 cm³/mol. The minimum atomic E-state index is -3.79. The van der Waals surface area contributed by atoms with E-state index in [1.54, 1.807) is 30.3 Å². The summed E-state index contributed by atoms with van der Waals surface area (Å²) in [6, 6.07) is 16.6. The third-order valence-electron chi connectivity index (χ3n) is 6.98. The van der Waals surface area contributed by atoms with Gasteiger partial charge in [-0.1, -0.05) is 0 Å². The maximum atomic E-state index is 13.9. The number of benzene rings is 2. The van der Waals surface area contributed by atoms with Crippen molar-refractivity contribution in [2.75, 3.05) is 37.0 Å². The first-order valence-corrected chi connectivity index (χ1v) is 13.8. The monoisotopic (exact) mass is 532 g/mol. The molecule has 196 valence electrons. The zero-order chi connectivity index (χ0) is 26.9. The first-order valence-electron chi connectivity index (χ1n) is 12.4. The number of rotatable bonds is 6. The van der Waals surface area contributed by atoms with Crippen LogP contribution in [0.3, 0.4) is 0 Å². The predicted octanol–water partition coefficient (Wildman–Crippen LogP) is 3.45. The van der Waals surface area contributed by atoms with Gasteiger partial charge in [0.1, 0.15) is 10.6 Å². The number of hydrogen-bond acceptors (Lipinski definition) is 8. The van der Waals surface area contributed by atoms with E-state index in [4.69, 9.17) is 20.0 Å². The summed E-state index contributed by atoms with van der Waals surface area (Å²) in [6.07, 6.45) is 0.887. The maximum Gasteiger partial charge on any atom is 0.318 e. The number of carbonyl (C=O) groups is 1. The molecule has 0 bridgehead atoms. The number of nitriles is 1. The van der Waals surface area contributed by atoms with Gasteiger partial charge in [-0.15, -0.1) is 0 Å². The lowest BCUT2D eigenvalue weighted by molar-refractivity contribution is 0.0985. The molecule has 1 aliphatic carbocycles. The summed E-state index contributed by atoms with van der Waals surface area (Å²) in [6.45, 7) is 3.76. The zero-order valence-electron chi connectivity index (χ0n) is 21.1. The number of amides is 2. The zero-order valence-corrected chi connectivity index (χ0v) is 22.0. The molecule has 3 aromatic rings. The minimum absolute atomic E-state index is 0.0590. The molecule has 0 spiro atoms. The van der Waals surface area contributed by atoms with Gasteiger partial charge < -0.3 is 20.3 Å². The van der Waals surface area contributed by atoms with Gasteiger partial charge >= 0.3 is 6.03 Å². The summed E-state index contributed by atoms with van der Waals surface area (Å²) in [4.78, 5) is 23.6. The lowest BCUT2D eigenvalue weighted by Gasteiger charge is -2.34. The van der Waals surface area contributed by atoms with Gasteiger partial charge in [-0.2, -0.15) is 5.26 Å². The van der Waals surface area contributed by atoms with Crippen LogP contribution in [0.5, 0.6) is 0 Å². The molecule has 2 fully saturated rings. The van der Waals surface area contributed by atoms with Crippen molar-refractivity contribution >= 4 is 27.4 Å². The average Bonchev–Trinajstić information content (AvgIpc) is 3.76. The Morgan fingerprint density at radius 3 is 2.45 bits per heavy atom. The maximum absolute atomic E-state index is 13.9. The lowest BCUT2D eigenvalue weighted by Crippen LogP contribution is -2.44. The van der Waals surface area contributed by atoms with Gasteiger partial charge in [0.25, 0.3) is 0 Å². The number of ether oxygens (including phenoxy) is 1. The van der Waals surface area contributed by atoms with Gasteiger partial charge in [-0.25, -0.2) is 23.2 Å². The van der Waals surface area contributed by atoms with Gasteiger partial charge in [0.15, 0.2) is 15.7 Å². The fourth-order valence-electron chi connectivity index (χ4n) is 4.62. The summed E-state index contributed by atoms with van der Waals surface area (Å²) < 4.78 is 32.2. The third kappa shape index (κ3) is 4.68. The molecule has 1 aromatic heterocycles. The summed E-state index contributed by atoms with van der Waals surface area (Å²) >= 11 is 0. The molecule has 2 aromatic carbocycles. The Morgan fingerprint density at radius 2 is 1.84 bits per heavy atom. The summed E-state index contributed by atoms with van der Waals surface area (Å²) in [5.74, 6) is 1.05. The molecule has 38 heavy (non-hydrogen) atoms. The van der Waals surface area contributed by atoms with Crippen LogP contribution in [0.15, 0.2) is 59.5 Å². The van der Waals surface area contributed by atoms with E-state index in [1.807, 2.05) is 13.0 Å². The summed E-state index contributed by atoms with van der Waals surface area (Å²) in [5.41, 5.74) is 2.15. The summed E-state index contributed by atoms with van der Waals surface area (Å²) in [5, 5.41) is 14.3. The fraction of sp³-hybridized carbons (Fsp3) is 0.333. The van der Waals surface area contributed by atoms with Crippen LogP contribution in [0.1, 0.15) is 31.0 Å². The standard InChI is InChI=1S/C27H28N6O4S/c1-18-17-37-14-13-33(18)24-15-23(27(11-12-27)38(35,36)22-9-3-19(16-28)4-10-22)31-25(32-24)20-5-7-21(8-6-20)30-26(34)29-2/h3-10,15,18H,11-14,17H2,1-2H3,(H2,29,30,34)/t18-/m0/s1. The van der Waals surface area contributed by atoms with Crippen molar-refractivity contribution in [2.24, 2.45) is 0 Å². The molecule has 10 nitrogen and oxygen atoms in total. The van der Waals surface area contributed by atoms with Crippen LogP contribution in [0.2, 0.25) is 0 Å². The number of aromatic nitrogens is 2. The topological polar surface area (TPSA) is 137 Å². The number of carbonyl (C=O) groups excluding carboxylic acids is 1. The Balaban J connectivity index is 1.58. The highest BCUT2D eigenvalue weighted by molar-refractivity contribution is 7.92. The van der Waals surface area contributed by atoms with Gasteiger partial charge in [-0.3, -0.25) is 0 Å². The van der Waals surface area contributed by atoms with Crippen molar-refractivity contribution < 1.29 is 17.9 Å². The minimum Gasteiger partial charge on any atom is -0.377 e. The van der Waals surface area contributed by atoms with Gasteiger partial charge in [0.05, 0.1) is 41.5 Å². The molecule has 1 atom stereocenters. The second kappa shape index (κ2) is 10.0. The molecular formula is C27H28N6O4S. The number of sulfone groups is 1. The van der Waals surface area contributed by atoms with Gasteiger partial charge in [-0.05, 0) is 68.3 Å². The van der Waals surface area contributed by atoms with Crippen LogP contribution < -0.4 is 15.5 Å². The fourth-order valence-corrected chi connectivity index (χ4v) is 6.58. The van der Waals surface area contributed by atoms with Crippen molar-refractivity contribution in [3.05, 3.63) is 65.9 Å². The van der Waals surface area contributed by atoms with E-state index in [-0.39, 0.29) is 17.0 Å². The number of morpholine rings is 1. The molecule has 0 radical (unpaired) electrons. The Bertz CT molecular complexity index is 1500. The SMILES string of the molecule is CNC(=O)Nc1ccc(-c2nc(N3CCOC[C@@H]3C)cc(C3(S(=O)(=O)c4ccc(C#N)cc4)CC3)n2)cc1. The van der Waals surface area contributed by atoms with Crippen molar-refractivity contribution in [3.8, 4) is 17.5 Å². The average molecular weight is 533 g/mol. The van der Waals surface area contributed by atoms with E-state index >= 15 is 0 Å². The molecule has 1 saturated carbocycles. The third-order valence-corrected chi connectivity index (χ3v) is 9.52. The summed E-state index contributed by atoms with van der Waals surface area (Å²) in [7, 11) is -2.25. The molecule has 11 heteroatoms. The van der Waals surface area contributed by atoms with Gasteiger partial charge in [0.2, 0.25) is 0 Å². The Hall–Kier alpha value is -4.01. The van der Waals surface area contributed by atoms with Gasteiger partial charge in [0, 0.05) is 30.9 Å². The van der Waals surface area contributed by atoms with Crippen LogP contribution in [0.4, 0.5) is 16.3 Å². The Labute approximate surface area is 221 Å². The van der Waals surface area contributed by atoms with E-state index < -0.39 is 14.6 Å². The normalized spacial score (nSPS) is 18.3. The molecule has 2 amide bonds. The molecule has 0 unspecified atom stereocenters. The van der Waals surface area contributed by atoms with Crippen LogP contribution >= 0.6 is 0 Å².